The Morgan fingerprint density at radius 1 is 1.19 bits per heavy atom. The summed E-state index contributed by atoms with van der Waals surface area (Å²) in [6.07, 6.45) is 3.62. The fourth-order valence-electron chi connectivity index (χ4n) is 2.74. The second kappa shape index (κ2) is 6.47. The second-order valence-electron chi connectivity index (χ2n) is 5.54. The summed E-state index contributed by atoms with van der Waals surface area (Å²) in [6.45, 7) is 1.92. The first-order valence-electron chi connectivity index (χ1n) is 7.01. The zero-order chi connectivity index (χ0) is 15.5. The minimum atomic E-state index is -1.14. The summed E-state index contributed by atoms with van der Waals surface area (Å²) in [7, 11) is 0. The molecule has 114 valence electrons. The van der Waals surface area contributed by atoms with Crippen LogP contribution in [0, 0.1) is 6.92 Å². The third-order valence-electron chi connectivity index (χ3n) is 3.77. The lowest BCUT2D eigenvalue weighted by Crippen LogP contribution is -2.56. The smallest absolute Gasteiger partial charge is 0.329 e. The largest absolute Gasteiger partial charge is 0.480 e. The van der Waals surface area contributed by atoms with Crippen LogP contribution in [0.3, 0.4) is 0 Å². The molecular weight excluding hydrogens is 336 g/mol. The van der Waals surface area contributed by atoms with Crippen LogP contribution >= 0.6 is 15.9 Å². The van der Waals surface area contributed by atoms with Crippen molar-refractivity contribution in [3.8, 4) is 0 Å². The molecule has 1 fully saturated rings. The average molecular weight is 355 g/mol. The molecule has 2 rings (SSSR count). The van der Waals surface area contributed by atoms with E-state index in [1.807, 2.05) is 19.1 Å². The number of urea groups is 1. The number of rotatable bonds is 3. The van der Waals surface area contributed by atoms with E-state index >= 15 is 0 Å². The summed E-state index contributed by atoms with van der Waals surface area (Å²) in [5.74, 6) is -0.956. The van der Waals surface area contributed by atoms with Crippen LogP contribution in [0.5, 0.6) is 0 Å². The van der Waals surface area contributed by atoms with Crippen molar-refractivity contribution in [3.05, 3.63) is 28.2 Å². The molecule has 0 aromatic heterocycles. The van der Waals surface area contributed by atoms with Gasteiger partial charge >= 0.3 is 12.0 Å². The highest BCUT2D eigenvalue weighted by molar-refractivity contribution is 9.10. The zero-order valence-electron chi connectivity index (χ0n) is 11.9. The standard InChI is InChI=1S/C15H19BrN2O3/c1-10-7-11(16)9-12(8-10)17-14(21)18-15(13(19)20)5-3-2-4-6-15/h7-9H,2-6H2,1H3,(H,19,20)(H2,17,18,21). The minimum Gasteiger partial charge on any atom is -0.480 e. The number of carbonyl (C=O) groups excluding carboxylic acids is 1. The van der Waals surface area contributed by atoms with E-state index in [9.17, 15) is 14.7 Å². The van der Waals surface area contributed by atoms with Crippen molar-refractivity contribution in [2.75, 3.05) is 5.32 Å². The SMILES string of the molecule is Cc1cc(Br)cc(NC(=O)NC2(C(=O)O)CCCCC2)c1. The van der Waals surface area contributed by atoms with Crippen LogP contribution in [-0.2, 0) is 4.79 Å². The maximum atomic E-state index is 12.1. The quantitative estimate of drug-likeness (QED) is 0.774. The summed E-state index contributed by atoms with van der Waals surface area (Å²) in [5.41, 5.74) is 0.504. The van der Waals surface area contributed by atoms with Crippen molar-refractivity contribution in [1.29, 1.82) is 0 Å². The molecule has 0 radical (unpaired) electrons. The molecule has 0 heterocycles. The van der Waals surface area contributed by atoms with E-state index in [0.29, 0.717) is 18.5 Å². The molecule has 0 bridgehead atoms. The van der Waals surface area contributed by atoms with Crippen LogP contribution in [0.4, 0.5) is 10.5 Å². The molecule has 0 aliphatic heterocycles. The number of benzene rings is 1. The van der Waals surface area contributed by atoms with Gasteiger partial charge in [0.25, 0.3) is 0 Å². The lowest BCUT2D eigenvalue weighted by Gasteiger charge is -2.33. The van der Waals surface area contributed by atoms with E-state index in [2.05, 4.69) is 26.6 Å². The first-order valence-corrected chi connectivity index (χ1v) is 7.80. The molecule has 0 spiro atoms. The van der Waals surface area contributed by atoms with Crippen molar-refractivity contribution < 1.29 is 14.7 Å². The van der Waals surface area contributed by atoms with E-state index in [1.165, 1.54) is 0 Å². The molecule has 1 aliphatic carbocycles. The van der Waals surface area contributed by atoms with E-state index < -0.39 is 17.5 Å². The number of carboxylic acid groups (broad SMARTS) is 1. The maximum Gasteiger partial charge on any atom is 0.329 e. The molecule has 1 saturated carbocycles. The number of hydrogen-bond acceptors (Lipinski definition) is 2. The Balaban J connectivity index is 2.07. The normalized spacial score (nSPS) is 17.0. The van der Waals surface area contributed by atoms with Crippen molar-refractivity contribution >= 4 is 33.6 Å². The number of nitrogens with one attached hydrogen (secondary N) is 2. The van der Waals surface area contributed by atoms with Crippen LogP contribution in [0.2, 0.25) is 0 Å². The highest BCUT2D eigenvalue weighted by atomic mass is 79.9. The predicted octanol–water partition coefficient (Wildman–Crippen LogP) is 3.67. The van der Waals surface area contributed by atoms with Crippen LogP contribution in [0.1, 0.15) is 37.7 Å². The molecular formula is C15H19BrN2O3. The topological polar surface area (TPSA) is 78.4 Å². The molecule has 1 aliphatic rings. The van der Waals surface area contributed by atoms with Gasteiger partial charge in [0, 0.05) is 10.2 Å². The van der Waals surface area contributed by atoms with Gasteiger partial charge in [-0.1, -0.05) is 35.2 Å². The van der Waals surface area contributed by atoms with E-state index in [4.69, 9.17) is 0 Å². The zero-order valence-corrected chi connectivity index (χ0v) is 13.5. The number of amides is 2. The Hall–Kier alpha value is -1.56. The van der Waals surface area contributed by atoms with Crippen molar-refractivity contribution in [2.24, 2.45) is 0 Å². The third kappa shape index (κ3) is 3.97. The highest BCUT2D eigenvalue weighted by Gasteiger charge is 2.40. The van der Waals surface area contributed by atoms with Gasteiger partial charge in [0.15, 0.2) is 0 Å². The Kier molecular flexibility index (Phi) is 4.88. The fraction of sp³-hybridized carbons (Fsp3) is 0.467. The lowest BCUT2D eigenvalue weighted by molar-refractivity contribution is -0.145. The van der Waals surface area contributed by atoms with Crippen LogP contribution in [0.25, 0.3) is 0 Å². The summed E-state index contributed by atoms with van der Waals surface area (Å²) in [4.78, 5) is 23.6. The maximum absolute atomic E-state index is 12.1. The molecule has 2 amide bonds. The summed E-state index contributed by atoms with van der Waals surface area (Å²) in [6, 6.07) is 5.07. The van der Waals surface area contributed by atoms with Gasteiger partial charge in [-0.05, 0) is 43.5 Å². The lowest BCUT2D eigenvalue weighted by atomic mass is 9.82. The Morgan fingerprint density at radius 3 is 2.43 bits per heavy atom. The van der Waals surface area contributed by atoms with E-state index in [-0.39, 0.29) is 0 Å². The van der Waals surface area contributed by atoms with Gasteiger partial charge in [-0.25, -0.2) is 9.59 Å². The first-order chi connectivity index (χ1) is 9.91. The Labute approximate surface area is 132 Å². The van der Waals surface area contributed by atoms with Crippen molar-refractivity contribution in [3.63, 3.8) is 0 Å². The van der Waals surface area contributed by atoms with Gasteiger partial charge in [-0.2, -0.15) is 0 Å². The Morgan fingerprint density at radius 2 is 1.86 bits per heavy atom. The molecule has 6 heteroatoms. The van der Waals surface area contributed by atoms with Crippen LogP contribution in [-0.4, -0.2) is 22.6 Å². The molecule has 5 nitrogen and oxygen atoms in total. The first kappa shape index (κ1) is 15.8. The number of hydrogen-bond donors (Lipinski definition) is 3. The number of anilines is 1. The monoisotopic (exact) mass is 354 g/mol. The van der Waals surface area contributed by atoms with Gasteiger partial charge in [-0.15, -0.1) is 0 Å². The molecule has 1 aromatic carbocycles. The molecule has 0 saturated heterocycles. The minimum absolute atomic E-state index is 0.475. The predicted molar refractivity (Wildman–Crippen MR) is 84.5 cm³/mol. The molecule has 1 aromatic rings. The van der Waals surface area contributed by atoms with Crippen molar-refractivity contribution in [2.45, 2.75) is 44.6 Å². The summed E-state index contributed by atoms with van der Waals surface area (Å²) in [5, 5.41) is 14.8. The van der Waals surface area contributed by atoms with Crippen LogP contribution < -0.4 is 10.6 Å². The van der Waals surface area contributed by atoms with E-state index in [0.717, 1.165) is 29.3 Å². The van der Waals surface area contributed by atoms with Gasteiger partial charge in [0.2, 0.25) is 0 Å². The van der Waals surface area contributed by atoms with Gasteiger partial charge in [0.1, 0.15) is 5.54 Å². The van der Waals surface area contributed by atoms with Gasteiger partial charge in [0.05, 0.1) is 0 Å². The number of carbonyl (C=O) groups is 2. The number of halogens is 1. The molecule has 21 heavy (non-hydrogen) atoms. The van der Waals surface area contributed by atoms with Gasteiger partial charge in [-0.3, -0.25) is 0 Å². The molecule has 0 unspecified atom stereocenters. The summed E-state index contributed by atoms with van der Waals surface area (Å²) >= 11 is 3.37. The third-order valence-corrected chi connectivity index (χ3v) is 4.23. The molecule has 0 atom stereocenters. The number of carboxylic acids is 1. The van der Waals surface area contributed by atoms with Crippen LogP contribution in [0.15, 0.2) is 22.7 Å². The summed E-state index contributed by atoms with van der Waals surface area (Å²) < 4.78 is 0.864. The van der Waals surface area contributed by atoms with Gasteiger partial charge < -0.3 is 15.7 Å². The second-order valence-corrected chi connectivity index (χ2v) is 6.46. The molecule has 3 N–H and O–H groups in total. The van der Waals surface area contributed by atoms with E-state index in [1.54, 1.807) is 6.07 Å². The van der Waals surface area contributed by atoms with Crippen molar-refractivity contribution in [1.82, 2.24) is 5.32 Å². The Bertz CT molecular complexity index is 534. The number of aryl methyl sites for hydroxylation is 1. The number of aliphatic carboxylic acids is 1. The fourth-order valence-corrected chi connectivity index (χ4v) is 3.34. The average Bonchev–Trinajstić information content (AvgIpc) is 2.37. The highest BCUT2D eigenvalue weighted by Crippen LogP contribution is 2.28.